The van der Waals surface area contributed by atoms with Crippen LogP contribution in [0.3, 0.4) is 0 Å². The van der Waals surface area contributed by atoms with Gasteiger partial charge in [0, 0.05) is 42.3 Å². The predicted molar refractivity (Wildman–Crippen MR) is 110 cm³/mol. The Morgan fingerprint density at radius 2 is 1.89 bits per heavy atom. The van der Waals surface area contributed by atoms with Gasteiger partial charge < -0.3 is 14.2 Å². The summed E-state index contributed by atoms with van der Waals surface area (Å²) >= 11 is 0. The Morgan fingerprint density at radius 3 is 2.74 bits per heavy atom. The number of aromatic nitrogens is 2. The molecule has 27 heavy (non-hydrogen) atoms. The lowest BCUT2D eigenvalue weighted by Gasteiger charge is -2.40. The fourth-order valence-electron chi connectivity index (χ4n) is 4.01. The molecule has 1 aliphatic heterocycles. The Kier molecular flexibility index (Phi) is 3.41. The van der Waals surface area contributed by atoms with Crippen LogP contribution in [-0.4, -0.2) is 29.6 Å². The van der Waals surface area contributed by atoms with Crippen LogP contribution >= 0.6 is 0 Å². The zero-order valence-electron chi connectivity index (χ0n) is 16.0. The van der Waals surface area contributed by atoms with Crippen molar-refractivity contribution in [3.05, 3.63) is 53.9 Å². The SMILES string of the molecule is Cc1ccc2c(n1)oc1c(N3C[C@@H](C)N(C)c4ncccc43)c(C)ccc12. The maximum absolute atomic E-state index is 6.29. The molecular weight excluding hydrogens is 336 g/mol. The van der Waals surface area contributed by atoms with Crippen LogP contribution in [0.25, 0.3) is 22.1 Å². The van der Waals surface area contributed by atoms with Crippen molar-refractivity contribution < 1.29 is 4.42 Å². The monoisotopic (exact) mass is 358 g/mol. The molecule has 0 radical (unpaired) electrons. The van der Waals surface area contributed by atoms with E-state index in [9.17, 15) is 0 Å². The standard InChI is InChI=1S/C22H22N4O/c1-13-7-9-16-17-10-8-14(2)24-22(17)27-20(16)19(13)26-12-15(3)25(4)21-18(26)6-5-11-23-21/h5-11,15H,12H2,1-4H3/t15-/m1/s1. The zero-order valence-corrected chi connectivity index (χ0v) is 16.0. The highest BCUT2D eigenvalue weighted by Gasteiger charge is 2.30. The summed E-state index contributed by atoms with van der Waals surface area (Å²) in [7, 11) is 2.11. The summed E-state index contributed by atoms with van der Waals surface area (Å²) in [6, 6.07) is 12.9. The van der Waals surface area contributed by atoms with Crippen molar-refractivity contribution in [2.75, 3.05) is 23.4 Å². The van der Waals surface area contributed by atoms with E-state index < -0.39 is 0 Å². The Labute approximate surface area is 158 Å². The van der Waals surface area contributed by atoms with Gasteiger partial charge in [0.1, 0.15) is 0 Å². The molecule has 0 unspecified atom stereocenters. The van der Waals surface area contributed by atoms with E-state index in [0.717, 1.165) is 45.8 Å². The second-order valence-corrected chi connectivity index (χ2v) is 7.43. The van der Waals surface area contributed by atoms with Gasteiger partial charge in [-0.2, -0.15) is 0 Å². The molecule has 1 aliphatic rings. The summed E-state index contributed by atoms with van der Waals surface area (Å²) in [4.78, 5) is 13.8. The molecule has 0 aliphatic carbocycles. The van der Waals surface area contributed by atoms with Crippen LogP contribution in [0, 0.1) is 13.8 Å². The number of likely N-dealkylation sites (N-methyl/N-ethyl adjacent to an activating group) is 1. The number of nitrogens with zero attached hydrogens (tertiary/aromatic N) is 4. The quantitative estimate of drug-likeness (QED) is 0.481. The van der Waals surface area contributed by atoms with Crippen molar-refractivity contribution in [1.82, 2.24) is 9.97 Å². The highest BCUT2D eigenvalue weighted by molar-refractivity contribution is 6.09. The number of pyridine rings is 2. The van der Waals surface area contributed by atoms with Crippen molar-refractivity contribution in [2.45, 2.75) is 26.8 Å². The third-order valence-electron chi connectivity index (χ3n) is 5.59. The fourth-order valence-corrected chi connectivity index (χ4v) is 4.01. The molecule has 4 heterocycles. The second-order valence-electron chi connectivity index (χ2n) is 7.43. The van der Waals surface area contributed by atoms with Crippen LogP contribution in [0.4, 0.5) is 17.2 Å². The van der Waals surface area contributed by atoms with Crippen LogP contribution < -0.4 is 9.80 Å². The number of hydrogen-bond donors (Lipinski definition) is 0. The minimum atomic E-state index is 0.340. The summed E-state index contributed by atoms with van der Waals surface area (Å²) in [6.45, 7) is 7.23. The summed E-state index contributed by atoms with van der Waals surface area (Å²) in [5.74, 6) is 0.998. The van der Waals surface area contributed by atoms with Crippen LogP contribution in [0.2, 0.25) is 0 Å². The van der Waals surface area contributed by atoms with Crippen LogP contribution in [0.15, 0.2) is 47.0 Å². The number of benzene rings is 1. The van der Waals surface area contributed by atoms with E-state index in [1.54, 1.807) is 0 Å². The summed E-state index contributed by atoms with van der Waals surface area (Å²) in [5, 5.41) is 2.17. The molecule has 0 N–H and O–H groups in total. The lowest BCUT2D eigenvalue weighted by atomic mass is 10.0. The summed E-state index contributed by atoms with van der Waals surface area (Å²) in [5.41, 5.74) is 5.96. The van der Waals surface area contributed by atoms with Crippen LogP contribution in [-0.2, 0) is 0 Å². The molecule has 136 valence electrons. The van der Waals surface area contributed by atoms with Gasteiger partial charge in [0.15, 0.2) is 11.4 Å². The summed E-state index contributed by atoms with van der Waals surface area (Å²) in [6.07, 6.45) is 1.85. The minimum Gasteiger partial charge on any atom is -0.435 e. The van der Waals surface area contributed by atoms with Gasteiger partial charge in [-0.25, -0.2) is 9.97 Å². The van der Waals surface area contributed by atoms with E-state index in [4.69, 9.17) is 4.42 Å². The smallest absolute Gasteiger partial charge is 0.227 e. The molecule has 0 bridgehead atoms. The highest BCUT2D eigenvalue weighted by atomic mass is 16.3. The fraction of sp³-hybridized carbons (Fsp3) is 0.273. The molecule has 5 heteroatoms. The third kappa shape index (κ3) is 2.31. The molecule has 4 aromatic rings. The Bertz CT molecular complexity index is 1180. The zero-order chi connectivity index (χ0) is 18.7. The number of fused-ring (bicyclic) bond motifs is 4. The van der Waals surface area contributed by atoms with Gasteiger partial charge in [0.05, 0.1) is 11.4 Å². The van der Waals surface area contributed by atoms with Gasteiger partial charge in [-0.15, -0.1) is 0 Å². The molecule has 1 aromatic carbocycles. The first-order valence-corrected chi connectivity index (χ1v) is 9.29. The van der Waals surface area contributed by atoms with Gasteiger partial charge >= 0.3 is 0 Å². The van der Waals surface area contributed by atoms with Crippen molar-refractivity contribution in [1.29, 1.82) is 0 Å². The van der Waals surface area contributed by atoms with Gasteiger partial charge in [-0.05, 0) is 50.6 Å². The lowest BCUT2D eigenvalue weighted by molar-refractivity contribution is 0.635. The Hall–Kier alpha value is -3.08. The topological polar surface area (TPSA) is 45.4 Å². The van der Waals surface area contributed by atoms with Crippen molar-refractivity contribution in [3.8, 4) is 0 Å². The third-order valence-corrected chi connectivity index (χ3v) is 5.59. The molecule has 5 rings (SSSR count). The lowest BCUT2D eigenvalue weighted by Crippen LogP contribution is -2.44. The van der Waals surface area contributed by atoms with E-state index in [2.05, 4.69) is 64.9 Å². The molecule has 1 atom stereocenters. The number of furan rings is 1. The average molecular weight is 358 g/mol. The van der Waals surface area contributed by atoms with E-state index >= 15 is 0 Å². The van der Waals surface area contributed by atoms with Crippen molar-refractivity contribution in [2.24, 2.45) is 0 Å². The molecule has 0 saturated heterocycles. The molecule has 5 nitrogen and oxygen atoms in total. The van der Waals surface area contributed by atoms with E-state index in [0.29, 0.717) is 11.8 Å². The molecule has 0 amide bonds. The number of aryl methyl sites for hydroxylation is 2. The van der Waals surface area contributed by atoms with Crippen molar-refractivity contribution in [3.63, 3.8) is 0 Å². The molecule has 0 spiro atoms. The number of rotatable bonds is 1. The molecule has 3 aromatic heterocycles. The predicted octanol–water partition coefficient (Wildman–Crippen LogP) is 4.97. The van der Waals surface area contributed by atoms with Gasteiger partial charge in [-0.3, -0.25) is 0 Å². The normalized spacial score (nSPS) is 17.0. The highest BCUT2D eigenvalue weighted by Crippen LogP contribution is 2.43. The molecule has 0 saturated carbocycles. The van der Waals surface area contributed by atoms with Crippen LogP contribution in [0.5, 0.6) is 0 Å². The second kappa shape index (κ2) is 5.71. The van der Waals surface area contributed by atoms with Gasteiger partial charge in [0.2, 0.25) is 5.71 Å². The number of anilines is 3. The van der Waals surface area contributed by atoms with E-state index in [1.807, 2.05) is 25.3 Å². The number of hydrogen-bond acceptors (Lipinski definition) is 5. The van der Waals surface area contributed by atoms with Crippen molar-refractivity contribution >= 4 is 39.3 Å². The first kappa shape index (κ1) is 16.1. The minimum absolute atomic E-state index is 0.340. The van der Waals surface area contributed by atoms with E-state index in [1.165, 1.54) is 5.56 Å². The maximum atomic E-state index is 6.29. The van der Waals surface area contributed by atoms with E-state index in [-0.39, 0.29) is 0 Å². The Morgan fingerprint density at radius 1 is 1.07 bits per heavy atom. The van der Waals surface area contributed by atoms with Gasteiger partial charge in [-0.1, -0.05) is 12.1 Å². The Balaban J connectivity index is 1.81. The largest absolute Gasteiger partial charge is 0.435 e. The first-order valence-electron chi connectivity index (χ1n) is 9.29. The molecule has 0 fully saturated rings. The molecular formula is C22H22N4O. The van der Waals surface area contributed by atoms with Crippen LogP contribution in [0.1, 0.15) is 18.2 Å². The van der Waals surface area contributed by atoms with Gasteiger partial charge in [0.25, 0.3) is 0 Å². The summed E-state index contributed by atoms with van der Waals surface area (Å²) < 4.78 is 6.29. The maximum Gasteiger partial charge on any atom is 0.227 e. The first-order chi connectivity index (χ1) is 13.0. The average Bonchev–Trinajstić information content (AvgIpc) is 3.02.